The van der Waals surface area contributed by atoms with E-state index in [-0.39, 0.29) is 5.91 Å². The molecule has 1 atom stereocenters. The van der Waals surface area contributed by atoms with Gasteiger partial charge in [-0.05, 0) is 31.3 Å². The highest BCUT2D eigenvalue weighted by atomic mass is 16.1. The number of allylic oxidation sites excluding steroid dienone is 2. The van der Waals surface area contributed by atoms with E-state index in [1.165, 1.54) is 0 Å². The molecule has 2 amide bonds. The van der Waals surface area contributed by atoms with Crippen molar-refractivity contribution in [2.75, 3.05) is 0 Å². The maximum atomic E-state index is 11.7. The van der Waals surface area contributed by atoms with E-state index in [1.54, 1.807) is 6.08 Å². The summed E-state index contributed by atoms with van der Waals surface area (Å²) in [6.45, 7) is 1.83. The van der Waals surface area contributed by atoms with Crippen LogP contribution in [0.2, 0.25) is 0 Å². The smallest absolute Gasteiger partial charge is 0.244 e. The molecule has 4 heteroatoms. The van der Waals surface area contributed by atoms with Crippen molar-refractivity contribution < 1.29 is 9.59 Å². The maximum Gasteiger partial charge on any atom is 0.244 e. The molecule has 17 heavy (non-hydrogen) atoms. The predicted octanol–water partition coefficient (Wildman–Crippen LogP) is 1.02. The molecule has 0 radical (unpaired) electrons. The first-order valence-electron chi connectivity index (χ1n) is 5.93. The highest BCUT2D eigenvalue weighted by Crippen LogP contribution is 2.46. The van der Waals surface area contributed by atoms with Crippen LogP contribution in [0.5, 0.6) is 0 Å². The average molecular weight is 234 g/mol. The summed E-state index contributed by atoms with van der Waals surface area (Å²) in [7, 11) is 0. The van der Waals surface area contributed by atoms with Gasteiger partial charge in [-0.15, -0.1) is 0 Å². The van der Waals surface area contributed by atoms with Crippen molar-refractivity contribution in [2.24, 2.45) is 22.8 Å². The molecule has 0 saturated heterocycles. The molecule has 4 nitrogen and oxygen atoms in total. The Morgan fingerprint density at radius 2 is 2.06 bits per heavy atom. The second-order valence-corrected chi connectivity index (χ2v) is 5.20. The molecule has 0 aromatic carbocycles. The fourth-order valence-electron chi connectivity index (χ4n) is 2.43. The number of amides is 2. The Labute approximate surface area is 101 Å². The molecule has 0 aromatic heterocycles. The highest BCUT2D eigenvalue weighted by molar-refractivity contribution is 5.96. The van der Waals surface area contributed by atoms with Gasteiger partial charge in [-0.25, -0.2) is 0 Å². The molecule has 1 unspecified atom stereocenters. The summed E-state index contributed by atoms with van der Waals surface area (Å²) in [6, 6.07) is 0. The first-order chi connectivity index (χ1) is 7.94. The van der Waals surface area contributed by atoms with Crippen molar-refractivity contribution in [2.45, 2.75) is 32.6 Å². The number of nitrogens with two attached hydrogens (primary N) is 2. The molecular weight excluding hydrogens is 216 g/mol. The second kappa shape index (κ2) is 4.02. The normalized spacial score (nSPS) is 28.3. The largest absolute Gasteiger partial charge is 0.369 e. The third kappa shape index (κ3) is 2.25. The minimum absolute atomic E-state index is 0.355. The lowest BCUT2D eigenvalue weighted by Gasteiger charge is -2.31. The molecule has 0 aliphatic heterocycles. The summed E-state index contributed by atoms with van der Waals surface area (Å²) in [4.78, 5) is 23.1. The number of primary amides is 2. The lowest BCUT2D eigenvalue weighted by atomic mass is 9.72. The van der Waals surface area contributed by atoms with Crippen LogP contribution in [0.25, 0.3) is 0 Å². The third-order valence-electron chi connectivity index (χ3n) is 3.76. The minimum Gasteiger partial charge on any atom is -0.369 e. The van der Waals surface area contributed by atoms with Crippen molar-refractivity contribution in [3.63, 3.8) is 0 Å². The van der Waals surface area contributed by atoms with Crippen LogP contribution in [0.15, 0.2) is 23.3 Å². The first-order valence-corrected chi connectivity index (χ1v) is 5.93. The standard InChI is InChI=1S/C13H18N2O2/c1-8-4-5-13(12(15)17,6-9-2-3-9)7-10(8)11(14)16/h4-5,9H,2-3,6-7H2,1H3,(H2,14,16)(H2,15,17). The minimum atomic E-state index is -0.703. The average Bonchev–Trinajstić information content (AvgIpc) is 3.04. The topological polar surface area (TPSA) is 86.2 Å². The maximum absolute atomic E-state index is 11.7. The van der Waals surface area contributed by atoms with Gasteiger partial charge in [0.2, 0.25) is 11.8 Å². The lowest BCUT2D eigenvalue weighted by Crippen LogP contribution is -2.39. The van der Waals surface area contributed by atoms with Crippen LogP contribution >= 0.6 is 0 Å². The van der Waals surface area contributed by atoms with Gasteiger partial charge in [0.15, 0.2) is 0 Å². The van der Waals surface area contributed by atoms with Crippen molar-refractivity contribution >= 4 is 11.8 Å². The fraction of sp³-hybridized carbons (Fsp3) is 0.538. The lowest BCUT2D eigenvalue weighted by molar-refractivity contribution is -0.126. The van der Waals surface area contributed by atoms with Crippen LogP contribution in [-0.2, 0) is 9.59 Å². The summed E-state index contributed by atoms with van der Waals surface area (Å²) in [6.07, 6.45) is 7.06. The van der Waals surface area contributed by atoms with E-state index in [1.807, 2.05) is 13.0 Å². The Bertz CT molecular complexity index is 433. The van der Waals surface area contributed by atoms with E-state index >= 15 is 0 Å². The molecule has 2 aliphatic rings. The first kappa shape index (κ1) is 11.9. The van der Waals surface area contributed by atoms with Crippen LogP contribution in [0.4, 0.5) is 0 Å². The monoisotopic (exact) mass is 234 g/mol. The quantitative estimate of drug-likeness (QED) is 0.760. The van der Waals surface area contributed by atoms with Gasteiger partial charge >= 0.3 is 0 Å². The SMILES string of the molecule is CC1=C(C(N)=O)CC(CC2CC2)(C(N)=O)C=C1. The zero-order chi connectivity index (χ0) is 12.6. The van der Waals surface area contributed by atoms with E-state index < -0.39 is 11.3 Å². The van der Waals surface area contributed by atoms with Crippen LogP contribution in [0.1, 0.15) is 32.6 Å². The van der Waals surface area contributed by atoms with Gasteiger partial charge in [-0.3, -0.25) is 9.59 Å². The summed E-state index contributed by atoms with van der Waals surface area (Å²) in [5, 5.41) is 0. The van der Waals surface area contributed by atoms with Gasteiger partial charge < -0.3 is 11.5 Å². The van der Waals surface area contributed by atoms with Crippen molar-refractivity contribution in [1.29, 1.82) is 0 Å². The van der Waals surface area contributed by atoms with E-state index in [2.05, 4.69) is 0 Å². The van der Waals surface area contributed by atoms with Gasteiger partial charge in [0.1, 0.15) is 0 Å². The van der Waals surface area contributed by atoms with Crippen molar-refractivity contribution in [1.82, 2.24) is 0 Å². The third-order valence-corrected chi connectivity index (χ3v) is 3.76. The Hall–Kier alpha value is -1.58. The van der Waals surface area contributed by atoms with Crippen LogP contribution < -0.4 is 11.5 Å². The molecule has 0 spiro atoms. The van der Waals surface area contributed by atoms with Crippen LogP contribution in [-0.4, -0.2) is 11.8 Å². The molecular formula is C13H18N2O2. The number of hydrogen-bond donors (Lipinski definition) is 2. The van der Waals surface area contributed by atoms with Crippen molar-refractivity contribution in [3.05, 3.63) is 23.3 Å². The molecule has 2 aliphatic carbocycles. The molecule has 1 fully saturated rings. The number of rotatable bonds is 4. The van der Waals surface area contributed by atoms with Gasteiger partial charge in [-0.1, -0.05) is 25.0 Å². The second-order valence-electron chi connectivity index (χ2n) is 5.20. The van der Waals surface area contributed by atoms with Crippen LogP contribution in [0, 0.1) is 11.3 Å². The summed E-state index contributed by atoms with van der Waals surface area (Å²) in [5.41, 5.74) is 11.5. The summed E-state index contributed by atoms with van der Waals surface area (Å²) in [5.74, 6) is -0.236. The molecule has 0 heterocycles. The highest BCUT2D eigenvalue weighted by Gasteiger charge is 2.42. The zero-order valence-electron chi connectivity index (χ0n) is 10.0. The van der Waals surface area contributed by atoms with Crippen molar-refractivity contribution in [3.8, 4) is 0 Å². The summed E-state index contributed by atoms with van der Waals surface area (Å²) >= 11 is 0. The Kier molecular flexibility index (Phi) is 2.81. The number of carbonyl (C=O) groups excluding carboxylic acids is 2. The van der Waals surface area contributed by atoms with E-state index in [0.29, 0.717) is 17.9 Å². The fourth-order valence-corrected chi connectivity index (χ4v) is 2.43. The molecule has 92 valence electrons. The van der Waals surface area contributed by atoms with Gasteiger partial charge in [-0.2, -0.15) is 0 Å². The molecule has 2 rings (SSSR count). The Morgan fingerprint density at radius 3 is 2.53 bits per heavy atom. The van der Waals surface area contributed by atoms with Crippen LogP contribution in [0.3, 0.4) is 0 Å². The number of hydrogen-bond acceptors (Lipinski definition) is 2. The van der Waals surface area contributed by atoms with Gasteiger partial charge in [0.25, 0.3) is 0 Å². The van der Waals surface area contributed by atoms with Gasteiger partial charge in [0.05, 0.1) is 5.41 Å². The predicted molar refractivity (Wildman–Crippen MR) is 64.6 cm³/mol. The van der Waals surface area contributed by atoms with E-state index in [4.69, 9.17) is 11.5 Å². The molecule has 0 aromatic rings. The Balaban J connectivity index is 2.29. The Morgan fingerprint density at radius 1 is 1.41 bits per heavy atom. The van der Waals surface area contributed by atoms with E-state index in [0.717, 1.165) is 24.8 Å². The molecule has 0 bridgehead atoms. The zero-order valence-corrected chi connectivity index (χ0v) is 10.0. The summed E-state index contributed by atoms with van der Waals surface area (Å²) < 4.78 is 0. The van der Waals surface area contributed by atoms with Gasteiger partial charge in [0, 0.05) is 5.57 Å². The molecule has 4 N–H and O–H groups in total. The number of carbonyl (C=O) groups is 2. The van der Waals surface area contributed by atoms with E-state index in [9.17, 15) is 9.59 Å². The molecule has 1 saturated carbocycles.